The van der Waals surface area contributed by atoms with Gasteiger partial charge in [0.2, 0.25) is 5.89 Å². The van der Waals surface area contributed by atoms with E-state index in [4.69, 9.17) is 16.7 Å². The molecule has 2 N–H and O–H groups in total. The van der Waals surface area contributed by atoms with Gasteiger partial charge in [0.25, 0.3) is 0 Å². The van der Waals surface area contributed by atoms with Gasteiger partial charge in [0.1, 0.15) is 0 Å². The molecule has 4 nitrogen and oxygen atoms in total. The lowest BCUT2D eigenvalue weighted by Crippen LogP contribution is -2.09. The van der Waals surface area contributed by atoms with Gasteiger partial charge in [-0.3, -0.25) is 0 Å². The Morgan fingerprint density at radius 2 is 2.00 bits per heavy atom. The molecule has 0 saturated carbocycles. The van der Waals surface area contributed by atoms with Crippen molar-refractivity contribution in [2.45, 2.75) is 32.7 Å². The van der Waals surface area contributed by atoms with Crippen molar-refractivity contribution in [2.24, 2.45) is 5.73 Å². The van der Waals surface area contributed by atoms with E-state index in [0.29, 0.717) is 24.6 Å². The predicted octanol–water partition coefficient (Wildman–Crippen LogP) is 2.30. The van der Waals surface area contributed by atoms with Gasteiger partial charge in [-0.25, -0.2) is 0 Å². The Morgan fingerprint density at radius 3 is 2.63 bits per heavy atom. The molecule has 2 aromatic rings. The van der Waals surface area contributed by atoms with E-state index in [-0.39, 0.29) is 6.04 Å². The molecule has 1 aromatic heterocycles. The second kappa shape index (κ2) is 5.68. The fraction of sp³-hybridized carbons (Fsp3) is 0.333. The Hall–Kier alpha value is -2.12. The summed E-state index contributed by atoms with van der Waals surface area (Å²) in [6.07, 6.45) is 6.24. The first-order valence-electron chi connectivity index (χ1n) is 6.17. The molecule has 0 amide bonds. The van der Waals surface area contributed by atoms with E-state index in [1.807, 2.05) is 0 Å². The van der Waals surface area contributed by atoms with Crippen LogP contribution in [0.5, 0.6) is 0 Å². The summed E-state index contributed by atoms with van der Waals surface area (Å²) in [5.41, 5.74) is 9.43. The molecule has 0 aliphatic heterocycles. The second-order valence-corrected chi connectivity index (χ2v) is 4.74. The number of aryl methyl sites for hydroxylation is 2. The summed E-state index contributed by atoms with van der Waals surface area (Å²) in [7, 11) is 0. The zero-order valence-corrected chi connectivity index (χ0v) is 11.2. The highest BCUT2D eigenvalue weighted by atomic mass is 16.5. The van der Waals surface area contributed by atoms with E-state index in [0.717, 1.165) is 5.56 Å². The third kappa shape index (κ3) is 3.43. The molecule has 0 saturated heterocycles. The van der Waals surface area contributed by atoms with Crippen molar-refractivity contribution in [3.8, 4) is 12.3 Å². The molecule has 4 heteroatoms. The number of nitrogens with zero attached hydrogens (tertiary/aromatic N) is 2. The van der Waals surface area contributed by atoms with Crippen LogP contribution >= 0.6 is 0 Å². The van der Waals surface area contributed by atoms with Crippen LogP contribution < -0.4 is 5.73 Å². The number of aromatic nitrogens is 2. The predicted molar refractivity (Wildman–Crippen MR) is 73.4 cm³/mol. The minimum Gasteiger partial charge on any atom is -0.338 e. The first kappa shape index (κ1) is 13.3. The van der Waals surface area contributed by atoms with Crippen LogP contribution in [0.2, 0.25) is 0 Å². The Bertz CT molecular complexity index is 590. The molecule has 1 atom stereocenters. The molecule has 0 aliphatic rings. The molecule has 2 rings (SSSR count). The van der Waals surface area contributed by atoms with Gasteiger partial charge in [0.15, 0.2) is 5.82 Å². The molecular weight excluding hydrogens is 238 g/mol. The fourth-order valence-corrected chi connectivity index (χ4v) is 2.06. The minimum atomic E-state index is -0.384. The fourth-order valence-electron chi connectivity index (χ4n) is 2.06. The van der Waals surface area contributed by atoms with Crippen LogP contribution in [0.3, 0.4) is 0 Å². The van der Waals surface area contributed by atoms with Gasteiger partial charge < -0.3 is 10.3 Å². The van der Waals surface area contributed by atoms with Crippen molar-refractivity contribution in [3.63, 3.8) is 0 Å². The standard InChI is InChI=1S/C15H17N3O/c1-4-5-13(16)15-17-14(18-19-15)9-12-7-10(2)6-11(3)8-12/h1,6-8,13H,5,9,16H2,2-3H3. The van der Waals surface area contributed by atoms with Crippen LogP contribution in [0, 0.1) is 26.2 Å². The number of hydrogen-bond acceptors (Lipinski definition) is 4. The topological polar surface area (TPSA) is 64.9 Å². The summed E-state index contributed by atoms with van der Waals surface area (Å²) in [4.78, 5) is 4.29. The van der Waals surface area contributed by atoms with E-state index < -0.39 is 0 Å². The van der Waals surface area contributed by atoms with Crippen LogP contribution in [0.4, 0.5) is 0 Å². The quantitative estimate of drug-likeness (QED) is 0.851. The molecule has 0 spiro atoms. The van der Waals surface area contributed by atoms with Gasteiger partial charge >= 0.3 is 0 Å². The maximum Gasteiger partial charge on any atom is 0.244 e. The smallest absolute Gasteiger partial charge is 0.244 e. The average Bonchev–Trinajstić information content (AvgIpc) is 2.76. The molecule has 0 bridgehead atoms. The van der Waals surface area contributed by atoms with Gasteiger partial charge in [0, 0.05) is 12.8 Å². The second-order valence-electron chi connectivity index (χ2n) is 4.74. The number of terminal acetylenes is 1. The number of benzene rings is 1. The number of nitrogens with two attached hydrogens (primary N) is 1. The monoisotopic (exact) mass is 255 g/mol. The molecule has 1 heterocycles. The van der Waals surface area contributed by atoms with E-state index in [1.54, 1.807) is 0 Å². The lowest BCUT2D eigenvalue weighted by molar-refractivity contribution is 0.353. The van der Waals surface area contributed by atoms with Crippen molar-refractivity contribution < 1.29 is 4.52 Å². The third-order valence-electron chi connectivity index (χ3n) is 2.78. The maximum absolute atomic E-state index is 5.82. The summed E-state index contributed by atoms with van der Waals surface area (Å²) in [5.74, 6) is 3.52. The molecule has 0 radical (unpaired) electrons. The van der Waals surface area contributed by atoms with E-state index >= 15 is 0 Å². The van der Waals surface area contributed by atoms with Crippen molar-refractivity contribution >= 4 is 0 Å². The zero-order valence-electron chi connectivity index (χ0n) is 11.2. The Balaban J connectivity index is 2.13. The van der Waals surface area contributed by atoms with Crippen LogP contribution in [-0.4, -0.2) is 10.1 Å². The SMILES string of the molecule is C#CCC(N)c1nc(Cc2cc(C)cc(C)c2)no1. The number of hydrogen-bond donors (Lipinski definition) is 1. The normalized spacial score (nSPS) is 12.1. The highest BCUT2D eigenvalue weighted by Crippen LogP contribution is 2.15. The molecule has 0 aliphatic carbocycles. The molecule has 1 aromatic carbocycles. The summed E-state index contributed by atoms with van der Waals surface area (Å²) in [5, 5.41) is 3.94. The average molecular weight is 255 g/mol. The van der Waals surface area contributed by atoms with E-state index in [9.17, 15) is 0 Å². The van der Waals surface area contributed by atoms with Crippen LogP contribution in [-0.2, 0) is 6.42 Å². The first-order valence-corrected chi connectivity index (χ1v) is 6.17. The summed E-state index contributed by atoms with van der Waals surface area (Å²) >= 11 is 0. The summed E-state index contributed by atoms with van der Waals surface area (Å²) in [6, 6.07) is 5.98. The molecule has 19 heavy (non-hydrogen) atoms. The largest absolute Gasteiger partial charge is 0.338 e. The van der Waals surface area contributed by atoms with Crippen LogP contribution in [0.15, 0.2) is 22.7 Å². The Kier molecular flexibility index (Phi) is 3.98. The third-order valence-corrected chi connectivity index (χ3v) is 2.78. The Labute approximate surface area is 113 Å². The van der Waals surface area contributed by atoms with Gasteiger partial charge in [-0.1, -0.05) is 34.5 Å². The zero-order chi connectivity index (χ0) is 13.8. The van der Waals surface area contributed by atoms with Gasteiger partial charge in [0.05, 0.1) is 6.04 Å². The lowest BCUT2D eigenvalue weighted by atomic mass is 10.1. The highest BCUT2D eigenvalue weighted by Gasteiger charge is 2.14. The van der Waals surface area contributed by atoms with Crippen molar-refractivity contribution in [3.05, 3.63) is 46.6 Å². The molecule has 1 unspecified atom stereocenters. The van der Waals surface area contributed by atoms with Crippen LogP contribution in [0.25, 0.3) is 0 Å². The van der Waals surface area contributed by atoms with Crippen molar-refractivity contribution in [2.75, 3.05) is 0 Å². The minimum absolute atomic E-state index is 0.384. The van der Waals surface area contributed by atoms with E-state index in [1.165, 1.54) is 11.1 Å². The highest BCUT2D eigenvalue weighted by molar-refractivity contribution is 5.30. The summed E-state index contributed by atoms with van der Waals surface area (Å²) < 4.78 is 5.13. The van der Waals surface area contributed by atoms with E-state index in [2.05, 4.69) is 48.1 Å². The van der Waals surface area contributed by atoms with Gasteiger partial charge in [-0.2, -0.15) is 4.98 Å². The first-order chi connectivity index (χ1) is 9.08. The van der Waals surface area contributed by atoms with Crippen molar-refractivity contribution in [1.82, 2.24) is 10.1 Å². The van der Waals surface area contributed by atoms with Gasteiger partial charge in [-0.15, -0.1) is 12.3 Å². The number of rotatable bonds is 4. The van der Waals surface area contributed by atoms with Gasteiger partial charge in [-0.05, 0) is 19.4 Å². The Morgan fingerprint density at radius 1 is 1.32 bits per heavy atom. The molecular formula is C15H17N3O. The molecule has 98 valence electrons. The van der Waals surface area contributed by atoms with Crippen LogP contribution in [0.1, 0.15) is 40.9 Å². The lowest BCUT2D eigenvalue weighted by Gasteiger charge is -2.02. The van der Waals surface area contributed by atoms with Crippen molar-refractivity contribution in [1.29, 1.82) is 0 Å². The molecule has 0 fully saturated rings. The maximum atomic E-state index is 5.82. The summed E-state index contributed by atoms with van der Waals surface area (Å²) in [6.45, 7) is 4.14.